The van der Waals surface area contributed by atoms with Gasteiger partial charge >= 0.3 is 0 Å². The summed E-state index contributed by atoms with van der Waals surface area (Å²) in [7, 11) is 0. The molecule has 0 aliphatic rings. The largest absolute Gasteiger partial charge is 0.370 e. The molecule has 2 heterocycles. The van der Waals surface area contributed by atoms with Gasteiger partial charge in [0.1, 0.15) is 5.82 Å². The Balaban J connectivity index is 1.74. The van der Waals surface area contributed by atoms with Crippen molar-refractivity contribution in [3.63, 3.8) is 0 Å². The lowest BCUT2D eigenvalue weighted by Crippen LogP contribution is -2.06. The summed E-state index contributed by atoms with van der Waals surface area (Å²) >= 11 is 0. The molecule has 0 saturated heterocycles. The van der Waals surface area contributed by atoms with E-state index in [2.05, 4.69) is 39.7 Å². The Kier molecular flexibility index (Phi) is 4.92. The molecule has 0 bridgehead atoms. The molecule has 5 nitrogen and oxygen atoms in total. The van der Waals surface area contributed by atoms with Gasteiger partial charge in [-0.25, -0.2) is 4.98 Å². The minimum atomic E-state index is 0.549. The van der Waals surface area contributed by atoms with Gasteiger partial charge < -0.3 is 10.6 Å². The number of fused-ring (bicyclic) bond motifs is 1. The first kappa shape index (κ1) is 17.0. The lowest BCUT2D eigenvalue weighted by molar-refractivity contribution is 0.966. The molecule has 2 aromatic carbocycles. The van der Waals surface area contributed by atoms with E-state index in [0.29, 0.717) is 5.95 Å². The highest BCUT2D eigenvalue weighted by Gasteiger charge is 2.09. The molecule has 0 atom stereocenters. The van der Waals surface area contributed by atoms with Crippen molar-refractivity contribution in [2.45, 2.75) is 13.3 Å². The van der Waals surface area contributed by atoms with Crippen LogP contribution in [-0.2, 0) is 0 Å². The van der Waals surface area contributed by atoms with Crippen molar-refractivity contribution in [3.05, 3.63) is 72.9 Å². The number of hydrogen-bond donors (Lipinski definition) is 2. The number of pyridine rings is 1. The van der Waals surface area contributed by atoms with E-state index >= 15 is 0 Å². The second kappa shape index (κ2) is 7.83. The Morgan fingerprint density at radius 3 is 2.59 bits per heavy atom. The number of anilines is 3. The minimum absolute atomic E-state index is 0.549. The van der Waals surface area contributed by atoms with Crippen LogP contribution in [0.5, 0.6) is 0 Å². The van der Waals surface area contributed by atoms with Crippen molar-refractivity contribution < 1.29 is 0 Å². The van der Waals surface area contributed by atoms with E-state index in [-0.39, 0.29) is 0 Å². The van der Waals surface area contributed by atoms with Crippen LogP contribution < -0.4 is 10.6 Å². The highest BCUT2D eigenvalue weighted by Crippen LogP contribution is 2.26. The topological polar surface area (TPSA) is 62.7 Å². The number of benzene rings is 2. The molecule has 0 fully saturated rings. The maximum Gasteiger partial charge on any atom is 0.229 e. The van der Waals surface area contributed by atoms with E-state index in [1.165, 1.54) is 0 Å². The van der Waals surface area contributed by atoms with Crippen molar-refractivity contribution in [2.24, 2.45) is 0 Å². The molecule has 0 radical (unpaired) electrons. The first-order valence-electron chi connectivity index (χ1n) is 9.12. The van der Waals surface area contributed by atoms with Crippen LogP contribution in [0.15, 0.2) is 72.9 Å². The molecule has 2 N–H and O–H groups in total. The Morgan fingerprint density at radius 1 is 0.889 bits per heavy atom. The smallest absolute Gasteiger partial charge is 0.229 e. The fourth-order valence-electron chi connectivity index (χ4n) is 2.93. The second-order valence-corrected chi connectivity index (χ2v) is 6.26. The van der Waals surface area contributed by atoms with Crippen LogP contribution in [0.25, 0.3) is 22.2 Å². The molecule has 2 aromatic heterocycles. The van der Waals surface area contributed by atoms with Gasteiger partial charge in [0.15, 0.2) is 0 Å². The first-order valence-corrected chi connectivity index (χ1v) is 9.12. The summed E-state index contributed by atoms with van der Waals surface area (Å²) in [5, 5.41) is 7.79. The lowest BCUT2D eigenvalue weighted by atomic mass is 10.1. The highest BCUT2D eigenvalue weighted by molar-refractivity contribution is 5.91. The number of para-hydroxylation sites is 1. The summed E-state index contributed by atoms with van der Waals surface area (Å²) in [5.41, 5.74) is 3.72. The molecule has 27 heavy (non-hydrogen) atoms. The fourth-order valence-corrected chi connectivity index (χ4v) is 2.93. The van der Waals surface area contributed by atoms with Crippen molar-refractivity contribution in [1.29, 1.82) is 0 Å². The molecule has 0 amide bonds. The van der Waals surface area contributed by atoms with Crippen LogP contribution in [0.4, 0.5) is 17.5 Å². The van der Waals surface area contributed by atoms with E-state index in [9.17, 15) is 0 Å². The van der Waals surface area contributed by atoms with Gasteiger partial charge in [-0.2, -0.15) is 4.98 Å². The van der Waals surface area contributed by atoms with Gasteiger partial charge in [-0.15, -0.1) is 0 Å². The van der Waals surface area contributed by atoms with Gasteiger partial charge in [-0.3, -0.25) is 4.98 Å². The quantitative estimate of drug-likeness (QED) is 0.494. The number of rotatable bonds is 6. The van der Waals surface area contributed by atoms with Crippen LogP contribution in [0.2, 0.25) is 0 Å². The normalized spacial score (nSPS) is 10.7. The number of hydrogen-bond acceptors (Lipinski definition) is 5. The average Bonchev–Trinajstić information content (AvgIpc) is 2.73. The SMILES string of the molecule is CCCNc1cc(-c2ccccc2)nc(Nc2cccc3cccnc23)n1. The predicted molar refractivity (Wildman–Crippen MR) is 111 cm³/mol. The summed E-state index contributed by atoms with van der Waals surface area (Å²) in [6.07, 6.45) is 2.82. The maximum atomic E-state index is 4.72. The fraction of sp³-hybridized carbons (Fsp3) is 0.136. The summed E-state index contributed by atoms with van der Waals surface area (Å²) < 4.78 is 0. The van der Waals surface area contributed by atoms with Crippen LogP contribution in [-0.4, -0.2) is 21.5 Å². The van der Waals surface area contributed by atoms with E-state index in [4.69, 9.17) is 4.98 Å². The van der Waals surface area contributed by atoms with Gasteiger partial charge in [0.05, 0.1) is 16.9 Å². The molecular formula is C22H21N5. The molecule has 0 spiro atoms. The number of nitrogens with zero attached hydrogens (tertiary/aromatic N) is 3. The van der Waals surface area contributed by atoms with Gasteiger partial charge in [0.2, 0.25) is 5.95 Å². The Bertz CT molecular complexity index is 1040. The van der Waals surface area contributed by atoms with Gasteiger partial charge in [-0.05, 0) is 18.6 Å². The third-order valence-corrected chi connectivity index (χ3v) is 4.23. The van der Waals surface area contributed by atoms with Crippen LogP contribution in [0.3, 0.4) is 0 Å². The third kappa shape index (κ3) is 3.87. The Hall–Kier alpha value is -3.47. The van der Waals surface area contributed by atoms with E-state index in [1.807, 2.05) is 54.6 Å². The Morgan fingerprint density at radius 2 is 1.74 bits per heavy atom. The zero-order valence-corrected chi connectivity index (χ0v) is 15.2. The lowest BCUT2D eigenvalue weighted by Gasteiger charge is -2.12. The first-order chi connectivity index (χ1) is 13.3. The third-order valence-electron chi connectivity index (χ3n) is 4.23. The molecule has 0 unspecified atom stereocenters. The monoisotopic (exact) mass is 355 g/mol. The average molecular weight is 355 g/mol. The number of nitrogens with one attached hydrogen (secondary N) is 2. The molecule has 5 heteroatoms. The Labute approximate surface area is 158 Å². The molecule has 0 saturated carbocycles. The summed E-state index contributed by atoms with van der Waals surface area (Å²) in [5.74, 6) is 1.36. The van der Waals surface area contributed by atoms with E-state index in [0.717, 1.165) is 46.6 Å². The van der Waals surface area contributed by atoms with Gasteiger partial charge in [0, 0.05) is 29.8 Å². The number of aromatic nitrogens is 3. The summed E-state index contributed by atoms with van der Waals surface area (Å²) in [6.45, 7) is 2.99. The maximum absolute atomic E-state index is 4.72. The van der Waals surface area contributed by atoms with Crippen LogP contribution >= 0.6 is 0 Å². The molecule has 134 valence electrons. The second-order valence-electron chi connectivity index (χ2n) is 6.26. The van der Waals surface area contributed by atoms with Crippen molar-refractivity contribution in [1.82, 2.24) is 15.0 Å². The predicted octanol–water partition coefficient (Wildman–Crippen LogP) is 5.26. The standard InChI is InChI=1S/C22H21N5/c1-2-13-23-20-15-19(16-8-4-3-5-9-16)26-22(27-20)25-18-12-6-10-17-11-7-14-24-21(17)18/h3-12,14-15H,2,13H2,1H3,(H2,23,25,26,27). The zero-order valence-electron chi connectivity index (χ0n) is 15.2. The van der Waals surface area contributed by atoms with E-state index < -0.39 is 0 Å². The van der Waals surface area contributed by atoms with Crippen molar-refractivity contribution >= 4 is 28.4 Å². The van der Waals surface area contributed by atoms with Gasteiger partial charge in [-0.1, -0.05) is 55.5 Å². The molecule has 4 rings (SSSR count). The minimum Gasteiger partial charge on any atom is -0.370 e. The van der Waals surface area contributed by atoms with Crippen molar-refractivity contribution in [2.75, 3.05) is 17.2 Å². The van der Waals surface area contributed by atoms with Crippen molar-refractivity contribution in [3.8, 4) is 11.3 Å². The highest BCUT2D eigenvalue weighted by atomic mass is 15.1. The molecular weight excluding hydrogens is 334 g/mol. The molecule has 4 aromatic rings. The molecule has 0 aliphatic heterocycles. The summed E-state index contributed by atoms with van der Waals surface area (Å²) in [4.78, 5) is 13.9. The van der Waals surface area contributed by atoms with Crippen LogP contribution in [0, 0.1) is 0 Å². The summed E-state index contributed by atoms with van der Waals surface area (Å²) in [6, 6.07) is 22.1. The van der Waals surface area contributed by atoms with Gasteiger partial charge in [0.25, 0.3) is 0 Å². The van der Waals surface area contributed by atoms with E-state index in [1.54, 1.807) is 6.20 Å². The molecule has 0 aliphatic carbocycles. The zero-order chi connectivity index (χ0) is 18.5. The van der Waals surface area contributed by atoms with Crippen LogP contribution in [0.1, 0.15) is 13.3 Å².